The molecule has 4 nitrogen and oxygen atoms in total. The first kappa shape index (κ1) is 30.1. The van der Waals surface area contributed by atoms with Crippen molar-refractivity contribution in [2.75, 3.05) is 0 Å². The van der Waals surface area contributed by atoms with Gasteiger partial charge in [0.15, 0.2) is 0 Å². The molecule has 1 atom stereocenters. The molecule has 5 heterocycles. The molecule has 8 rings (SSSR count). The molecule has 5 aliphatic heterocycles. The molecule has 3 aromatic carbocycles. The van der Waals surface area contributed by atoms with Crippen LogP contribution in [0.2, 0.25) is 0 Å². The third-order valence-corrected chi connectivity index (χ3v) is 10.2. The molecule has 0 radical (unpaired) electrons. The van der Waals surface area contributed by atoms with Gasteiger partial charge in [-0.25, -0.2) is 9.98 Å². The van der Waals surface area contributed by atoms with E-state index in [1.807, 2.05) is 0 Å². The van der Waals surface area contributed by atoms with Crippen molar-refractivity contribution in [2.24, 2.45) is 15.4 Å². The number of aryl methyl sites for hydroxylation is 4. The van der Waals surface area contributed by atoms with Gasteiger partial charge in [0.25, 0.3) is 0 Å². The van der Waals surface area contributed by atoms with Gasteiger partial charge in [-0.2, -0.15) is 0 Å². The average molecular weight is 627 g/mol. The van der Waals surface area contributed by atoms with Gasteiger partial charge in [-0.1, -0.05) is 97.8 Å². The monoisotopic (exact) mass is 626 g/mol. The molecule has 8 bridgehead atoms. The number of fused-ring (bicyclic) bond motifs is 6. The quantitative estimate of drug-likeness (QED) is 0.304. The highest BCUT2D eigenvalue weighted by Crippen LogP contribution is 2.42. The van der Waals surface area contributed by atoms with E-state index in [-0.39, 0.29) is 11.5 Å². The lowest BCUT2D eigenvalue weighted by atomic mass is 9.86. The Morgan fingerprint density at radius 2 is 1.31 bits per heavy atom. The number of allylic oxidation sites excluding steroid dienone is 9. The van der Waals surface area contributed by atoms with Gasteiger partial charge in [0, 0.05) is 39.2 Å². The summed E-state index contributed by atoms with van der Waals surface area (Å²) in [5, 5.41) is 7.88. The average Bonchev–Trinajstić information content (AvgIpc) is 3.86. The Morgan fingerprint density at radius 3 is 2.04 bits per heavy atom. The van der Waals surface area contributed by atoms with Gasteiger partial charge >= 0.3 is 0 Å². The smallest absolute Gasteiger partial charge is 0.0737 e. The number of rotatable bonds is 3. The molecule has 0 amide bonds. The first-order valence-electron chi connectivity index (χ1n) is 17.1. The summed E-state index contributed by atoms with van der Waals surface area (Å²) in [4.78, 5) is 10.8. The summed E-state index contributed by atoms with van der Waals surface area (Å²) in [5.41, 5.74) is 19.5. The summed E-state index contributed by atoms with van der Waals surface area (Å²) in [5.74, 6) is 0. The van der Waals surface area contributed by atoms with Gasteiger partial charge < -0.3 is 10.6 Å². The molecule has 1 unspecified atom stereocenters. The molecule has 0 aromatic heterocycles. The van der Waals surface area contributed by atoms with Crippen LogP contribution >= 0.6 is 0 Å². The summed E-state index contributed by atoms with van der Waals surface area (Å²) in [6, 6.07) is 24.2. The van der Waals surface area contributed by atoms with E-state index < -0.39 is 0 Å². The molecule has 0 aliphatic carbocycles. The summed E-state index contributed by atoms with van der Waals surface area (Å²) >= 11 is 0. The first-order valence-corrected chi connectivity index (χ1v) is 17.1. The second-order valence-corrected chi connectivity index (χ2v) is 14.4. The summed E-state index contributed by atoms with van der Waals surface area (Å²) in [6.07, 6.45) is 15.2. The number of benzene rings is 3. The Balaban J connectivity index is 1.42. The Morgan fingerprint density at radius 1 is 0.667 bits per heavy atom. The van der Waals surface area contributed by atoms with Crippen LogP contribution in [-0.2, 0) is 0 Å². The third-order valence-electron chi connectivity index (χ3n) is 10.2. The van der Waals surface area contributed by atoms with Crippen LogP contribution in [0.15, 0.2) is 142 Å². The lowest BCUT2D eigenvalue weighted by molar-refractivity contribution is 0.418. The normalized spacial score (nSPS) is 26.5. The van der Waals surface area contributed by atoms with E-state index in [4.69, 9.17) is 9.98 Å². The van der Waals surface area contributed by atoms with E-state index in [2.05, 4.69) is 155 Å². The lowest BCUT2D eigenvalue weighted by Gasteiger charge is -2.24. The Hall–Kier alpha value is -5.22. The Kier molecular flexibility index (Phi) is 7.21. The van der Waals surface area contributed by atoms with Crippen molar-refractivity contribution in [3.8, 4) is 0 Å². The van der Waals surface area contributed by atoms with Crippen LogP contribution in [0, 0.1) is 33.1 Å². The van der Waals surface area contributed by atoms with E-state index in [0.29, 0.717) is 0 Å². The fourth-order valence-corrected chi connectivity index (χ4v) is 7.86. The minimum atomic E-state index is -0.139. The molecule has 3 aromatic rings. The van der Waals surface area contributed by atoms with Crippen LogP contribution < -0.4 is 10.6 Å². The van der Waals surface area contributed by atoms with Gasteiger partial charge in [0.2, 0.25) is 0 Å². The maximum absolute atomic E-state index is 5.49. The first-order chi connectivity index (χ1) is 23.1. The molecule has 48 heavy (non-hydrogen) atoms. The molecule has 4 heteroatoms. The minimum Gasteiger partial charge on any atom is -0.378 e. The predicted molar refractivity (Wildman–Crippen MR) is 201 cm³/mol. The second kappa shape index (κ2) is 11.5. The molecule has 5 aliphatic rings. The van der Waals surface area contributed by atoms with Crippen LogP contribution in [0.5, 0.6) is 0 Å². The zero-order valence-corrected chi connectivity index (χ0v) is 28.7. The minimum absolute atomic E-state index is 0.0660. The largest absolute Gasteiger partial charge is 0.378 e. The van der Waals surface area contributed by atoms with E-state index in [0.717, 1.165) is 52.5 Å². The van der Waals surface area contributed by atoms with Crippen molar-refractivity contribution >= 4 is 28.1 Å². The number of nitrogens with one attached hydrogen (secondary N) is 2. The van der Waals surface area contributed by atoms with Crippen molar-refractivity contribution in [1.82, 2.24) is 10.6 Å². The van der Waals surface area contributed by atoms with Crippen LogP contribution in [0.25, 0.3) is 16.7 Å². The van der Waals surface area contributed by atoms with Gasteiger partial charge in [0.05, 0.1) is 28.9 Å². The van der Waals surface area contributed by atoms with Crippen LogP contribution in [0.4, 0.5) is 0 Å². The highest BCUT2D eigenvalue weighted by atomic mass is 15.0. The van der Waals surface area contributed by atoms with E-state index >= 15 is 0 Å². The zero-order chi connectivity index (χ0) is 33.2. The molecule has 1 saturated heterocycles. The Bertz CT molecular complexity index is 2130. The summed E-state index contributed by atoms with van der Waals surface area (Å²) < 4.78 is 0. The SMILES string of the molecule is Cc1ccc(/C2=C3\CC/C(=C(\c4c(C)cc(C)cc4C)C4=N/C(=C(/c5ccccc5)C5=CC(C)(C)C(/C=C6/C=CC2=N6)N5)C=C4)N3)cc1. The maximum Gasteiger partial charge on any atom is 0.0737 e. The number of hydrogen-bond donors (Lipinski definition) is 2. The van der Waals surface area contributed by atoms with Crippen LogP contribution in [-0.4, -0.2) is 17.5 Å². The topological polar surface area (TPSA) is 48.8 Å². The van der Waals surface area contributed by atoms with Crippen LogP contribution in [0.3, 0.4) is 0 Å². The van der Waals surface area contributed by atoms with Crippen molar-refractivity contribution in [3.63, 3.8) is 0 Å². The lowest BCUT2D eigenvalue weighted by Crippen LogP contribution is -2.32. The molecular weight excluding hydrogens is 585 g/mol. The van der Waals surface area contributed by atoms with Gasteiger partial charge in [-0.05, 0) is 98.7 Å². The summed E-state index contributed by atoms with van der Waals surface area (Å²) in [7, 11) is 0. The third kappa shape index (κ3) is 5.26. The number of nitrogens with zero attached hydrogens (tertiary/aromatic N) is 2. The molecule has 0 saturated carbocycles. The maximum atomic E-state index is 5.49. The number of hydrogen-bond acceptors (Lipinski definition) is 4. The fourth-order valence-electron chi connectivity index (χ4n) is 7.86. The predicted octanol–water partition coefficient (Wildman–Crippen LogP) is 9.64. The molecule has 0 spiro atoms. The van der Waals surface area contributed by atoms with E-state index in [1.54, 1.807) is 0 Å². The number of aliphatic imine (C=N–C) groups is 2. The van der Waals surface area contributed by atoms with Crippen LogP contribution in [0.1, 0.15) is 65.6 Å². The van der Waals surface area contributed by atoms with Gasteiger partial charge in [-0.15, -0.1) is 0 Å². The zero-order valence-electron chi connectivity index (χ0n) is 28.7. The second-order valence-electron chi connectivity index (χ2n) is 14.4. The van der Waals surface area contributed by atoms with Gasteiger partial charge in [0.1, 0.15) is 0 Å². The fraction of sp³-hybridized carbons (Fsp3) is 0.227. The standard InChI is InChI=1S/C44H42N4/c1-26-12-14-31(15-13-26)41-33-17-16-32(45-33)24-39-44(5,6)25-38(48-39)42(30-10-8-7-9-11-30)35-19-21-37(47-35)43(36-20-18-34(41)46-36)40-28(3)22-27(2)23-29(40)4/h7-17,19,21-25,39,46,48H,18,20H2,1-6H3/b32-24-,41-34-,42-35-,43-36+. The van der Waals surface area contributed by atoms with E-state index in [9.17, 15) is 0 Å². The molecular formula is C44H42N4. The molecule has 2 N–H and O–H groups in total. The highest BCUT2D eigenvalue weighted by molar-refractivity contribution is 6.33. The van der Waals surface area contributed by atoms with Crippen molar-refractivity contribution in [3.05, 3.63) is 171 Å². The Labute approximate surface area is 284 Å². The molecule has 1 fully saturated rings. The van der Waals surface area contributed by atoms with E-state index in [1.165, 1.54) is 55.9 Å². The van der Waals surface area contributed by atoms with Crippen molar-refractivity contribution < 1.29 is 0 Å². The highest BCUT2D eigenvalue weighted by Gasteiger charge is 2.36. The van der Waals surface area contributed by atoms with Crippen molar-refractivity contribution in [1.29, 1.82) is 0 Å². The summed E-state index contributed by atoms with van der Waals surface area (Å²) in [6.45, 7) is 13.4. The van der Waals surface area contributed by atoms with Crippen molar-refractivity contribution in [2.45, 2.75) is 60.4 Å². The molecule has 238 valence electrons. The van der Waals surface area contributed by atoms with Gasteiger partial charge in [-0.3, -0.25) is 0 Å².